The molecule has 1 aromatic rings. The normalized spacial score (nSPS) is 12.3. The van der Waals surface area contributed by atoms with Crippen molar-refractivity contribution in [2.45, 2.75) is 19.3 Å². The highest BCUT2D eigenvalue weighted by Gasteiger charge is 2.32. The van der Waals surface area contributed by atoms with Gasteiger partial charge >= 0.3 is 6.36 Å². The van der Waals surface area contributed by atoms with Crippen LogP contribution in [0.4, 0.5) is 18.9 Å². The van der Waals surface area contributed by atoms with E-state index in [9.17, 15) is 18.0 Å². The van der Waals surface area contributed by atoms with Crippen molar-refractivity contribution in [1.82, 2.24) is 0 Å². The fourth-order valence-electron chi connectivity index (χ4n) is 1.03. The van der Waals surface area contributed by atoms with Gasteiger partial charge in [-0.15, -0.1) is 25.6 Å². The Morgan fingerprint density at radius 3 is 2.44 bits per heavy atom. The molecule has 8 heteroatoms. The molecule has 0 bridgehead atoms. The predicted octanol–water partition coefficient (Wildman–Crippen LogP) is 2.29. The number of rotatable bonds is 3. The van der Waals surface area contributed by atoms with Crippen molar-refractivity contribution in [1.29, 1.82) is 0 Å². The number of hydrogen-bond acceptors (Lipinski definition) is 3. The first kappa shape index (κ1) is 16.5. The summed E-state index contributed by atoms with van der Waals surface area (Å²) in [5.41, 5.74) is 5.21. The van der Waals surface area contributed by atoms with Gasteiger partial charge in [0.2, 0.25) is 5.91 Å². The molecule has 0 aliphatic rings. The molecule has 0 fully saturated rings. The smallest absolute Gasteiger partial charge is 0.404 e. The number of amides is 1. The molecule has 0 aliphatic heterocycles. The van der Waals surface area contributed by atoms with Crippen LogP contribution in [0, 0.1) is 0 Å². The van der Waals surface area contributed by atoms with Crippen LogP contribution in [0.2, 0.25) is 0 Å². The molecule has 0 aliphatic carbocycles. The van der Waals surface area contributed by atoms with Crippen molar-refractivity contribution >= 4 is 24.0 Å². The Labute approximate surface area is 108 Å². The zero-order valence-corrected chi connectivity index (χ0v) is 10.1. The molecule has 3 N–H and O–H groups in total. The lowest BCUT2D eigenvalue weighted by molar-refractivity contribution is -0.274. The van der Waals surface area contributed by atoms with E-state index in [0.29, 0.717) is 0 Å². The molecule has 0 radical (unpaired) electrons. The highest BCUT2D eigenvalue weighted by atomic mass is 35.5. The molecule has 1 atom stereocenters. The molecule has 0 aromatic heterocycles. The highest BCUT2D eigenvalue weighted by molar-refractivity contribution is 5.95. The Hall–Kier alpha value is -1.47. The van der Waals surface area contributed by atoms with Gasteiger partial charge in [0.15, 0.2) is 5.75 Å². The van der Waals surface area contributed by atoms with Crippen molar-refractivity contribution in [3.05, 3.63) is 24.3 Å². The van der Waals surface area contributed by atoms with E-state index < -0.39 is 24.1 Å². The van der Waals surface area contributed by atoms with Crippen LogP contribution < -0.4 is 15.8 Å². The molecular weight excluding hydrogens is 273 g/mol. The summed E-state index contributed by atoms with van der Waals surface area (Å²) in [4.78, 5) is 11.3. The van der Waals surface area contributed by atoms with Crippen LogP contribution in [-0.2, 0) is 4.79 Å². The van der Waals surface area contributed by atoms with Crippen LogP contribution in [-0.4, -0.2) is 18.3 Å². The van der Waals surface area contributed by atoms with Crippen LogP contribution in [0.25, 0.3) is 0 Å². The van der Waals surface area contributed by atoms with Crippen LogP contribution >= 0.6 is 12.4 Å². The summed E-state index contributed by atoms with van der Waals surface area (Å²) in [7, 11) is 0. The molecule has 1 amide bonds. The number of carbonyl (C=O) groups excluding carboxylic acids is 1. The number of nitrogens with two attached hydrogens (primary N) is 1. The number of nitrogens with one attached hydrogen (secondary N) is 1. The highest BCUT2D eigenvalue weighted by Crippen LogP contribution is 2.29. The van der Waals surface area contributed by atoms with Crippen molar-refractivity contribution < 1.29 is 22.7 Å². The summed E-state index contributed by atoms with van der Waals surface area (Å²) < 4.78 is 39.9. The first-order valence-electron chi connectivity index (χ1n) is 4.71. The van der Waals surface area contributed by atoms with E-state index in [1.165, 1.54) is 25.1 Å². The maximum Gasteiger partial charge on any atom is 0.573 e. The first-order valence-corrected chi connectivity index (χ1v) is 4.71. The summed E-state index contributed by atoms with van der Waals surface area (Å²) in [6.07, 6.45) is -4.81. The first-order chi connectivity index (χ1) is 7.79. The Kier molecular flexibility index (Phi) is 5.93. The third kappa shape index (κ3) is 5.24. The number of para-hydroxylation sites is 2. The molecule has 18 heavy (non-hydrogen) atoms. The molecule has 0 saturated heterocycles. The number of benzene rings is 1. The maximum atomic E-state index is 12.1. The third-order valence-electron chi connectivity index (χ3n) is 1.78. The van der Waals surface area contributed by atoms with Gasteiger partial charge in [0, 0.05) is 0 Å². The third-order valence-corrected chi connectivity index (χ3v) is 1.78. The van der Waals surface area contributed by atoms with Crippen LogP contribution in [0.15, 0.2) is 24.3 Å². The Balaban J connectivity index is 0.00000289. The van der Waals surface area contributed by atoms with Crippen LogP contribution in [0.5, 0.6) is 5.75 Å². The topological polar surface area (TPSA) is 64.4 Å². The molecule has 102 valence electrons. The molecule has 1 aromatic carbocycles. The molecule has 1 rings (SSSR count). The fraction of sp³-hybridized carbons (Fsp3) is 0.300. The average Bonchev–Trinajstić information content (AvgIpc) is 2.18. The molecule has 0 heterocycles. The van der Waals surface area contributed by atoms with E-state index >= 15 is 0 Å². The van der Waals surface area contributed by atoms with Gasteiger partial charge < -0.3 is 15.8 Å². The molecule has 0 saturated carbocycles. The second-order valence-corrected chi connectivity index (χ2v) is 3.32. The van der Waals surface area contributed by atoms with Gasteiger partial charge in [-0.2, -0.15) is 0 Å². The zero-order chi connectivity index (χ0) is 13.1. The number of hydrogen-bond donors (Lipinski definition) is 2. The minimum absolute atomic E-state index is 0. The fourth-order valence-corrected chi connectivity index (χ4v) is 1.03. The van der Waals surface area contributed by atoms with Gasteiger partial charge in [-0.05, 0) is 19.1 Å². The van der Waals surface area contributed by atoms with Gasteiger partial charge in [-0.25, -0.2) is 0 Å². The Morgan fingerprint density at radius 2 is 1.94 bits per heavy atom. The molecule has 4 nitrogen and oxygen atoms in total. The summed E-state index contributed by atoms with van der Waals surface area (Å²) in [6.45, 7) is 1.42. The number of halogens is 4. The van der Waals surface area contributed by atoms with Crippen LogP contribution in [0.1, 0.15) is 6.92 Å². The second-order valence-electron chi connectivity index (χ2n) is 3.32. The second kappa shape index (κ2) is 6.46. The van der Waals surface area contributed by atoms with E-state index in [1.807, 2.05) is 0 Å². The average molecular weight is 285 g/mol. The van der Waals surface area contributed by atoms with Crippen molar-refractivity contribution in [3.63, 3.8) is 0 Å². The maximum absolute atomic E-state index is 12.1. The molecule has 1 unspecified atom stereocenters. The van der Waals surface area contributed by atoms with Gasteiger partial charge in [-0.3, -0.25) is 4.79 Å². The van der Waals surface area contributed by atoms with E-state index in [-0.39, 0.29) is 18.1 Å². The van der Waals surface area contributed by atoms with Crippen LogP contribution in [0.3, 0.4) is 0 Å². The van der Waals surface area contributed by atoms with Crippen molar-refractivity contribution in [2.24, 2.45) is 5.73 Å². The summed E-state index contributed by atoms with van der Waals surface area (Å²) in [5.74, 6) is -1.07. The van der Waals surface area contributed by atoms with E-state index in [1.54, 1.807) is 0 Å². The van der Waals surface area contributed by atoms with Gasteiger partial charge in [0.25, 0.3) is 0 Å². The number of anilines is 1. The van der Waals surface area contributed by atoms with E-state index in [0.717, 1.165) is 6.07 Å². The lowest BCUT2D eigenvalue weighted by Crippen LogP contribution is -2.32. The number of carbonyl (C=O) groups is 1. The van der Waals surface area contributed by atoms with Gasteiger partial charge in [-0.1, -0.05) is 12.1 Å². The van der Waals surface area contributed by atoms with E-state index in [2.05, 4.69) is 10.1 Å². The SMILES string of the molecule is CC(N)C(=O)Nc1ccccc1OC(F)(F)F.Cl. The lowest BCUT2D eigenvalue weighted by atomic mass is 10.2. The summed E-state index contributed by atoms with van der Waals surface area (Å²) >= 11 is 0. The predicted molar refractivity (Wildman–Crippen MR) is 62.7 cm³/mol. The largest absolute Gasteiger partial charge is 0.573 e. The van der Waals surface area contributed by atoms with Crippen molar-refractivity contribution in [2.75, 3.05) is 5.32 Å². The Morgan fingerprint density at radius 1 is 1.39 bits per heavy atom. The zero-order valence-electron chi connectivity index (χ0n) is 9.32. The molecular formula is C10H12ClF3N2O2. The summed E-state index contributed by atoms with van der Waals surface area (Å²) in [6, 6.07) is 4.41. The Bertz CT molecular complexity index is 410. The van der Waals surface area contributed by atoms with Gasteiger partial charge in [0.1, 0.15) is 0 Å². The number of ether oxygens (including phenoxy) is 1. The quantitative estimate of drug-likeness (QED) is 0.895. The summed E-state index contributed by atoms with van der Waals surface area (Å²) in [5, 5.41) is 2.24. The van der Waals surface area contributed by atoms with E-state index in [4.69, 9.17) is 5.73 Å². The minimum Gasteiger partial charge on any atom is -0.404 e. The minimum atomic E-state index is -4.81. The molecule has 0 spiro atoms. The monoisotopic (exact) mass is 284 g/mol. The lowest BCUT2D eigenvalue weighted by Gasteiger charge is -2.14. The number of alkyl halides is 3. The van der Waals surface area contributed by atoms with Gasteiger partial charge in [0.05, 0.1) is 11.7 Å². The standard InChI is InChI=1S/C10H11F3N2O2.ClH/c1-6(14)9(16)15-7-4-2-3-5-8(7)17-10(11,12)13;/h2-6H,14H2,1H3,(H,15,16);1H. The van der Waals surface area contributed by atoms with Crippen molar-refractivity contribution in [3.8, 4) is 5.75 Å².